The molecule has 0 atom stereocenters. The third-order valence-corrected chi connectivity index (χ3v) is 2.58. The van der Waals surface area contributed by atoms with Crippen molar-refractivity contribution in [3.05, 3.63) is 66.7 Å². The minimum atomic E-state index is -0.583. The Bertz CT molecular complexity index is 710. The summed E-state index contributed by atoms with van der Waals surface area (Å²) in [5.41, 5.74) is 3.03. The van der Waals surface area contributed by atoms with Crippen LogP contribution in [0.25, 0.3) is 22.2 Å². The smallest absolute Gasteiger partial charge is 0.339 e. The maximum atomic E-state index is 7.53. The summed E-state index contributed by atoms with van der Waals surface area (Å²) in [6, 6.07) is 23.4. The molecule has 0 saturated heterocycles. The van der Waals surface area contributed by atoms with E-state index < -0.39 is 5.97 Å². The van der Waals surface area contributed by atoms with E-state index in [-0.39, 0.29) is 20.1 Å². The number of aliphatic hydroxyl groups excluding tert-OH is 1. The number of nitrogens with zero attached hydrogens (tertiary/aromatic N) is 1. The Balaban J connectivity index is 0.000000397. The van der Waals surface area contributed by atoms with Gasteiger partial charge in [-0.3, -0.25) is 4.98 Å². The number of aliphatic carboxylic acids is 1. The summed E-state index contributed by atoms with van der Waals surface area (Å²) in [5, 5.41) is 8.70. The molecule has 3 rings (SSSR count). The van der Waals surface area contributed by atoms with Gasteiger partial charge >= 0.3 is 5.97 Å². The van der Waals surface area contributed by atoms with Gasteiger partial charge in [-0.15, -0.1) is 35.9 Å². The molecule has 1 aromatic heterocycles. The van der Waals surface area contributed by atoms with Crippen LogP contribution in [0.3, 0.4) is 0 Å². The van der Waals surface area contributed by atoms with Crippen LogP contribution in [0.15, 0.2) is 60.7 Å². The van der Waals surface area contributed by atoms with Crippen molar-refractivity contribution in [2.24, 2.45) is 0 Å². The van der Waals surface area contributed by atoms with Crippen LogP contribution in [-0.4, -0.2) is 20.9 Å². The van der Waals surface area contributed by atoms with Gasteiger partial charge in [-0.2, -0.15) is 0 Å². The molecule has 1 radical (unpaired) electrons. The number of hydrogen-bond donors (Lipinski definition) is 1. The molecule has 0 saturated carbocycles. The topological polar surface area (TPSA) is 54.5 Å². The van der Waals surface area contributed by atoms with E-state index in [0.29, 0.717) is 0 Å². The third kappa shape index (κ3) is 5.10. The van der Waals surface area contributed by atoms with E-state index in [1.165, 1.54) is 12.3 Å². The van der Waals surface area contributed by atoms with Gasteiger partial charge in [0.05, 0.1) is 12.4 Å². The van der Waals surface area contributed by atoms with E-state index in [4.69, 9.17) is 9.90 Å². The number of aromatic nitrogens is 1. The summed E-state index contributed by atoms with van der Waals surface area (Å²) in [4.78, 5) is 12.1. The van der Waals surface area contributed by atoms with E-state index in [2.05, 4.69) is 23.2 Å². The molecule has 3 nitrogen and oxygen atoms in total. The number of pyridine rings is 1. The molecule has 2 N–H and O–H groups in total. The first-order chi connectivity index (χ1) is 9.66. The zero-order valence-electron chi connectivity index (χ0n) is 11.4. The van der Waals surface area contributed by atoms with E-state index >= 15 is 0 Å². The fourth-order valence-corrected chi connectivity index (χ4v) is 1.77. The number of carboxylic acid groups (broad SMARTS) is 1. The van der Waals surface area contributed by atoms with Gasteiger partial charge in [0, 0.05) is 20.1 Å². The Hall–Kier alpha value is -2.03. The van der Waals surface area contributed by atoms with Crippen molar-refractivity contribution >= 4 is 16.9 Å². The summed E-state index contributed by atoms with van der Waals surface area (Å²) < 4.78 is 0. The Morgan fingerprint density at radius 1 is 1.05 bits per heavy atom. The predicted molar refractivity (Wildman–Crippen MR) is 81.3 cm³/mol. The van der Waals surface area contributed by atoms with E-state index in [0.717, 1.165) is 16.8 Å². The summed E-state index contributed by atoms with van der Waals surface area (Å²) in [6.07, 6.45) is 0. The normalized spacial score (nSPS) is 9.19. The van der Waals surface area contributed by atoms with E-state index in [9.17, 15) is 0 Å². The molecule has 2 aromatic carbocycles. The standard InChI is InChI=1S/C15H10N.C2H4O2.Ir/c1-2-6-12(7-3-1)15-11-10-13-8-4-5-9-14(13)16-15;1-2(3)4;/h1-6,8-11H;1H3,(H,3,4);/q-1;;/p+1. The second-order valence-corrected chi connectivity index (χ2v) is 4.21. The van der Waals surface area contributed by atoms with Gasteiger partial charge < -0.3 is 9.90 Å². The van der Waals surface area contributed by atoms with Gasteiger partial charge in [-0.05, 0) is 17.1 Å². The Morgan fingerprint density at radius 2 is 1.71 bits per heavy atom. The van der Waals surface area contributed by atoms with Gasteiger partial charge in [0.2, 0.25) is 0 Å². The van der Waals surface area contributed by atoms with Gasteiger partial charge in [-0.1, -0.05) is 30.3 Å². The minimum absolute atomic E-state index is 0. The van der Waals surface area contributed by atoms with Crippen LogP contribution in [0.2, 0.25) is 0 Å². The zero-order valence-corrected chi connectivity index (χ0v) is 13.8. The van der Waals surface area contributed by atoms with Crippen molar-refractivity contribution in [3.63, 3.8) is 0 Å². The quantitative estimate of drug-likeness (QED) is 0.447. The average Bonchev–Trinajstić information content (AvgIpc) is 2.47. The molecule has 0 aliphatic rings. The minimum Gasteiger partial charge on any atom is -0.339 e. The average molecular weight is 458 g/mol. The van der Waals surface area contributed by atoms with Gasteiger partial charge in [0.15, 0.2) is 0 Å². The summed E-state index contributed by atoms with van der Waals surface area (Å²) >= 11 is 0. The molecule has 4 heteroatoms. The molecule has 109 valence electrons. The van der Waals surface area contributed by atoms with E-state index in [1.54, 1.807) is 0 Å². The van der Waals surface area contributed by atoms with Crippen LogP contribution in [-0.2, 0) is 20.1 Å². The second-order valence-electron chi connectivity index (χ2n) is 4.21. The van der Waals surface area contributed by atoms with Crippen LogP contribution < -0.4 is 0 Å². The van der Waals surface area contributed by atoms with Crippen molar-refractivity contribution in [2.75, 3.05) is 0 Å². The molecule has 0 aliphatic heterocycles. The molecule has 0 bridgehead atoms. The largest absolute Gasteiger partial charge is 0.477 e. The van der Waals surface area contributed by atoms with Crippen molar-refractivity contribution in [1.82, 2.24) is 4.98 Å². The van der Waals surface area contributed by atoms with Crippen LogP contribution >= 0.6 is 0 Å². The molecular weight excluding hydrogens is 442 g/mol. The first-order valence-corrected chi connectivity index (χ1v) is 6.21. The number of rotatable bonds is 1. The molecule has 1 heterocycles. The fraction of sp³-hybridized carbons (Fsp3) is 0.0588. The van der Waals surface area contributed by atoms with Crippen LogP contribution in [0.5, 0.6) is 0 Å². The summed E-state index contributed by atoms with van der Waals surface area (Å²) in [6.45, 7) is 1.19. The van der Waals surface area contributed by atoms with Crippen molar-refractivity contribution < 1.29 is 30.0 Å². The van der Waals surface area contributed by atoms with Crippen LogP contribution in [0.4, 0.5) is 0 Å². The molecule has 3 aromatic rings. The maximum Gasteiger partial charge on any atom is 0.477 e. The number of carboxylic acids is 1. The first-order valence-electron chi connectivity index (χ1n) is 6.21. The van der Waals surface area contributed by atoms with Crippen molar-refractivity contribution in [1.29, 1.82) is 0 Å². The van der Waals surface area contributed by atoms with Crippen molar-refractivity contribution in [2.45, 2.75) is 6.92 Å². The second kappa shape index (κ2) is 8.30. The van der Waals surface area contributed by atoms with Crippen LogP contribution in [0, 0.1) is 6.07 Å². The monoisotopic (exact) mass is 458 g/mol. The van der Waals surface area contributed by atoms with Crippen LogP contribution in [0.1, 0.15) is 6.92 Å². The molecule has 0 aliphatic carbocycles. The Labute approximate surface area is 137 Å². The predicted octanol–water partition coefficient (Wildman–Crippen LogP) is 3.77. The zero-order chi connectivity index (χ0) is 14.4. The van der Waals surface area contributed by atoms with Gasteiger partial charge in [0.25, 0.3) is 0 Å². The SMILES string of the molecule is CC(O)=[OH+].[Ir].[c-]1ccccc1-c1ccc2ccccc2n1. The summed E-state index contributed by atoms with van der Waals surface area (Å²) in [5.74, 6) is -0.583. The number of hydrogen-bond acceptors (Lipinski definition) is 1. The van der Waals surface area contributed by atoms with Gasteiger partial charge in [-0.25, -0.2) is 0 Å². The summed E-state index contributed by atoms with van der Waals surface area (Å²) in [7, 11) is 0. The van der Waals surface area contributed by atoms with Gasteiger partial charge in [0.1, 0.15) is 0 Å². The molecule has 21 heavy (non-hydrogen) atoms. The molecule has 0 amide bonds. The van der Waals surface area contributed by atoms with Crippen molar-refractivity contribution in [3.8, 4) is 11.3 Å². The fourth-order valence-electron chi connectivity index (χ4n) is 1.77. The Morgan fingerprint density at radius 3 is 2.38 bits per heavy atom. The molecular formula is C17H15IrNO2. The molecule has 0 unspecified atom stereocenters. The molecule has 0 fully saturated rings. The Kier molecular flexibility index (Phi) is 6.73. The number of benzene rings is 2. The van der Waals surface area contributed by atoms with E-state index in [1.807, 2.05) is 48.5 Å². The number of fused-ring (bicyclic) bond motifs is 1. The first kappa shape index (κ1) is 17.0. The maximum absolute atomic E-state index is 7.53. The molecule has 0 spiro atoms. The third-order valence-electron chi connectivity index (χ3n) is 2.58. The number of para-hydroxylation sites is 1.